The van der Waals surface area contributed by atoms with Crippen LogP contribution in [0, 0.1) is 0 Å². The van der Waals surface area contributed by atoms with Gasteiger partial charge in [-0.05, 0) is 59.7 Å². The zero-order chi connectivity index (χ0) is 44.6. The highest BCUT2D eigenvalue weighted by Gasteiger charge is 2.44. The van der Waals surface area contributed by atoms with E-state index in [4.69, 9.17) is 13.9 Å². The Kier molecular flexibility index (Phi) is 13.7. The van der Waals surface area contributed by atoms with Gasteiger partial charge in [0.05, 0.1) is 18.4 Å². The first-order valence-electron chi connectivity index (χ1n) is 20.5. The molecule has 7 rings (SSSR count). The van der Waals surface area contributed by atoms with Crippen molar-refractivity contribution in [2.75, 3.05) is 37.9 Å². The normalized spacial score (nSPS) is 19.2. The van der Waals surface area contributed by atoms with Crippen LogP contribution in [0.3, 0.4) is 0 Å². The van der Waals surface area contributed by atoms with Crippen molar-refractivity contribution in [3.8, 4) is 22.8 Å². The molecule has 16 heteroatoms. The molecule has 16 nitrogen and oxygen atoms in total. The molecule has 4 N–H and O–H groups in total. The monoisotopic (exact) mass is 855 g/mol. The topological polar surface area (TPSA) is 202 Å². The average molecular weight is 856 g/mol. The standard InChI is InChI=1S/C47H49N7O9/c1-28(55)49-41(31-11-7-5-8-12-31)46(59)53-26-36(61-3)23-38(53)43(57)51-34-19-15-30(16-20-34)40-25-48-45(63-40)33-17-21-35(22-18-33)52-44(58)39-24-37(62-4)27-54(39)47(60)42(50-29(2)56)32-13-9-6-10-14-32/h5-22,25,36-39,41-42H,23-24,26-27H2,1-4H3,(H,49,55)(H,50,56)(H,51,57)(H,52,58)/t36-,37-,38?,39-,41?,42-/m0/s1. The average Bonchev–Trinajstić information content (AvgIpc) is 4.08. The molecular weight excluding hydrogens is 807 g/mol. The molecule has 2 aliphatic rings. The highest BCUT2D eigenvalue weighted by Crippen LogP contribution is 2.31. The number of hydrogen-bond donors (Lipinski definition) is 4. The molecular formula is C47H49N7O9. The zero-order valence-corrected chi connectivity index (χ0v) is 35.3. The molecule has 6 atom stereocenters. The van der Waals surface area contributed by atoms with E-state index in [9.17, 15) is 28.8 Å². The summed E-state index contributed by atoms with van der Waals surface area (Å²) in [5.74, 6) is -1.53. The molecule has 6 amide bonds. The minimum Gasteiger partial charge on any atom is -0.436 e. The number of benzene rings is 4. The van der Waals surface area contributed by atoms with E-state index >= 15 is 0 Å². The first-order valence-corrected chi connectivity index (χ1v) is 20.5. The lowest BCUT2D eigenvalue weighted by molar-refractivity contribution is -0.140. The lowest BCUT2D eigenvalue weighted by Crippen LogP contribution is -2.48. The molecule has 0 saturated carbocycles. The summed E-state index contributed by atoms with van der Waals surface area (Å²) in [5, 5.41) is 11.3. The Labute approximate surface area is 364 Å². The van der Waals surface area contributed by atoms with Crippen LogP contribution in [0.25, 0.3) is 22.8 Å². The number of likely N-dealkylation sites (tertiary alicyclic amines) is 2. The lowest BCUT2D eigenvalue weighted by atomic mass is 10.0. The van der Waals surface area contributed by atoms with Crippen molar-refractivity contribution in [2.45, 2.75) is 63.1 Å². The Morgan fingerprint density at radius 2 is 1.02 bits per heavy atom. The van der Waals surface area contributed by atoms with Gasteiger partial charge in [-0.3, -0.25) is 28.8 Å². The first-order chi connectivity index (χ1) is 30.4. The second-order valence-electron chi connectivity index (χ2n) is 15.5. The van der Waals surface area contributed by atoms with Gasteiger partial charge in [0.2, 0.25) is 29.5 Å². The van der Waals surface area contributed by atoms with E-state index in [0.29, 0.717) is 45.3 Å². The van der Waals surface area contributed by atoms with Crippen molar-refractivity contribution in [3.63, 3.8) is 0 Å². The molecule has 2 fully saturated rings. The number of methoxy groups -OCH3 is 2. The van der Waals surface area contributed by atoms with Gasteiger partial charge in [0.25, 0.3) is 11.8 Å². The van der Waals surface area contributed by atoms with E-state index in [1.807, 2.05) is 12.1 Å². The minimum absolute atomic E-state index is 0.188. The van der Waals surface area contributed by atoms with E-state index in [1.54, 1.807) is 103 Å². The molecule has 0 radical (unpaired) electrons. The maximum atomic E-state index is 13.9. The number of rotatable bonds is 14. The Balaban J connectivity index is 0.981. The van der Waals surface area contributed by atoms with Crippen molar-refractivity contribution >= 4 is 46.8 Å². The smallest absolute Gasteiger partial charge is 0.250 e. The number of amides is 6. The molecule has 4 aromatic carbocycles. The second-order valence-corrected chi connectivity index (χ2v) is 15.5. The van der Waals surface area contributed by atoms with Gasteiger partial charge in [-0.25, -0.2) is 4.98 Å². The highest BCUT2D eigenvalue weighted by molar-refractivity contribution is 6.00. The molecule has 0 aliphatic carbocycles. The van der Waals surface area contributed by atoms with Crippen LogP contribution in [0.2, 0.25) is 0 Å². The van der Waals surface area contributed by atoms with Gasteiger partial charge in [-0.15, -0.1) is 0 Å². The summed E-state index contributed by atoms with van der Waals surface area (Å²) in [5.41, 5.74) is 3.56. The Morgan fingerprint density at radius 3 is 1.41 bits per heavy atom. The van der Waals surface area contributed by atoms with Crippen LogP contribution in [-0.4, -0.2) is 102 Å². The van der Waals surface area contributed by atoms with E-state index in [0.717, 1.165) is 0 Å². The summed E-state index contributed by atoms with van der Waals surface area (Å²) in [4.78, 5) is 86.6. The largest absolute Gasteiger partial charge is 0.436 e. The number of anilines is 2. The molecule has 326 valence electrons. The maximum absolute atomic E-state index is 13.9. The summed E-state index contributed by atoms with van der Waals surface area (Å²) in [7, 11) is 3.07. The van der Waals surface area contributed by atoms with E-state index in [2.05, 4.69) is 26.3 Å². The summed E-state index contributed by atoms with van der Waals surface area (Å²) < 4.78 is 17.2. The fourth-order valence-corrected chi connectivity index (χ4v) is 7.93. The number of hydrogen-bond acceptors (Lipinski definition) is 10. The fourth-order valence-electron chi connectivity index (χ4n) is 7.93. The van der Waals surface area contributed by atoms with Crippen LogP contribution in [0.1, 0.15) is 49.9 Å². The molecule has 5 aromatic rings. The van der Waals surface area contributed by atoms with Crippen LogP contribution in [0.5, 0.6) is 0 Å². The number of nitrogens with one attached hydrogen (secondary N) is 4. The van der Waals surface area contributed by atoms with Crippen molar-refractivity contribution in [2.24, 2.45) is 0 Å². The molecule has 1 aromatic heterocycles. The molecule has 2 aliphatic heterocycles. The second kappa shape index (κ2) is 19.7. The van der Waals surface area contributed by atoms with Crippen molar-refractivity contribution in [3.05, 3.63) is 127 Å². The molecule has 2 unspecified atom stereocenters. The Bertz CT molecular complexity index is 2260. The highest BCUT2D eigenvalue weighted by atomic mass is 16.5. The van der Waals surface area contributed by atoms with Crippen molar-refractivity contribution < 1.29 is 42.7 Å². The predicted octanol–water partition coefficient (Wildman–Crippen LogP) is 4.87. The first kappa shape index (κ1) is 43.9. The summed E-state index contributed by atoms with van der Waals surface area (Å²) in [6.07, 6.45) is 1.43. The lowest BCUT2D eigenvalue weighted by Gasteiger charge is -2.28. The van der Waals surface area contributed by atoms with Crippen molar-refractivity contribution in [1.82, 2.24) is 25.4 Å². The van der Waals surface area contributed by atoms with E-state index in [-0.39, 0.29) is 50.0 Å². The van der Waals surface area contributed by atoms with Gasteiger partial charge in [-0.2, -0.15) is 0 Å². The number of ether oxygens (including phenoxy) is 2. The molecule has 0 spiro atoms. The van der Waals surface area contributed by atoms with E-state index < -0.39 is 47.8 Å². The maximum Gasteiger partial charge on any atom is 0.250 e. The SMILES string of the molecule is CO[C@H]1CC(C(=O)Nc2ccc(-c3cnc(-c4ccc(NC(=O)[C@@H]5C[C@H](OC)CN5C(=O)[C@@H](NC(C)=O)c5ccccc5)cc4)o3)cc2)N(C(=O)C(NC(C)=O)c2ccccc2)C1. The number of carbonyl (C=O) groups excluding carboxylic acids is 6. The third-order valence-electron chi connectivity index (χ3n) is 11.2. The fraction of sp³-hybridized carbons (Fsp3) is 0.298. The van der Waals surface area contributed by atoms with Crippen molar-refractivity contribution in [1.29, 1.82) is 0 Å². The molecule has 3 heterocycles. The van der Waals surface area contributed by atoms with Crippen LogP contribution >= 0.6 is 0 Å². The zero-order valence-electron chi connectivity index (χ0n) is 35.3. The number of nitrogens with zero attached hydrogens (tertiary/aromatic N) is 3. The minimum atomic E-state index is -0.966. The van der Waals surface area contributed by atoms with Gasteiger partial charge in [0, 0.05) is 76.5 Å². The summed E-state index contributed by atoms with van der Waals surface area (Å²) >= 11 is 0. The number of oxazole rings is 1. The molecule has 2 saturated heterocycles. The Morgan fingerprint density at radius 1 is 0.603 bits per heavy atom. The van der Waals surface area contributed by atoms with Crippen LogP contribution < -0.4 is 21.3 Å². The predicted molar refractivity (Wildman–Crippen MR) is 232 cm³/mol. The third kappa shape index (κ3) is 10.3. The summed E-state index contributed by atoms with van der Waals surface area (Å²) in [6, 6.07) is 28.1. The van der Waals surface area contributed by atoms with Gasteiger partial charge in [-0.1, -0.05) is 60.7 Å². The summed E-state index contributed by atoms with van der Waals surface area (Å²) in [6.45, 7) is 3.06. The van der Waals surface area contributed by atoms with Gasteiger partial charge >= 0.3 is 0 Å². The third-order valence-corrected chi connectivity index (χ3v) is 11.2. The van der Waals surface area contributed by atoms with Crippen LogP contribution in [0.15, 0.2) is 120 Å². The van der Waals surface area contributed by atoms with Gasteiger partial charge in [0.1, 0.15) is 24.2 Å². The molecule has 0 bridgehead atoms. The quantitative estimate of drug-likeness (QED) is 0.119. The van der Waals surface area contributed by atoms with Crippen LogP contribution in [-0.2, 0) is 38.2 Å². The van der Waals surface area contributed by atoms with Gasteiger partial charge < -0.3 is 45.0 Å². The van der Waals surface area contributed by atoms with E-state index in [1.165, 1.54) is 37.9 Å². The number of carbonyl (C=O) groups is 6. The number of aromatic nitrogens is 1. The van der Waals surface area contributed by atoms with Crippen LogP contribution in [0.4, 0.5) is 11.4 Å². The molecule has 63 heavy (non-hydrogen) atoms. The Hall–Kier alpha value is -7.17. The van der Waals surface area contributed by atoms with Gasteiger partial charge in [0.15, 0.2) is 5.76 Å².